The molecule has 0 radical (unpaired) electrons. The molecular formula is C9H16N2O. The molecule has 1 aliphatic rings. The van der Waals surface area contributed by atoms with Crippen LogP contribution in [0.3, 0.4) is 0 Å². The zero-order valence-electron chi connectivity index (χ0n) is 7.47. The van der Waals surface area contributed by atoms with Gasteiger partial charge in [0.1, 0.15) is 0 Å². The molecule has 0 aliphatic carbocycles. The Morgan fingerprint density at radius 2 is 2.50 bits per heavy atom. The van der Waals surface area contributed by atoms with Gasteiger partial charge in [-0.05, 0) is 12.5 Å². The van der Waals surface area contributed by atoms with Crippen LogP contribution >= 0.6 is 0 Å². The second-order valence-corrected chi connectivity index (χ2v) is 3.28. The summed E-state index contributed by atoms with van der Waals surface area (Å²) >= 11 is 0. The lowest BCUT2D eigenvalue weighted by Crippen LogP contribution is -2.34. The van der Waals surface area contributed by atoms with Crippen molar-refractivity contribution in [2.45, 2.75) is 6.92 Å². The Bertz CT molecular complexity index is 179. The van der Waals surface area contributed by atoms with Gasteiger partial charge in [-0.1, -0.05) is 13.0 Å². The summed E-state index contributed by atoms with van der Waals surface area (Å²) < 4.78 is 0. The summed E-state index contributed by atoms with van der Waals surface area (Å²) in [4.78, 5) is 11.4. The lowest BCUT2D eigenvalue weighted by atomic mass is 9.97. The maximum absolute atomic E-state index is 11.4. The number of carbonyl (C=O) groups is 1. The highest BCUT2D eigenvalue weighted by Crippen LogP contribution is 2.15. The van der Waals surface area contributed by atoms with Gasteiger partial charge in [0, 0.05) is 13.1 Å². The Kier molecular flexibility index (Phi) is 3.29. The maximum atomic E-state index is 11.4. The highest BCUT2D eigenvalue weighted by molar-refractivity contribution is 5.79. The summed E-state index contributed by atoms with van der Waals surface area (Å²) in [6, 6.07) is 0. The van der Waals surface area contributed by atoms with Crippen LogP contribution in [0.4, 0.5) is 0 Å². The topological polar surface area (TPSA) is 41.1 Å². The van der Waals surface area contributed by atoms with Crippen molar-refractivity contribution in [3.8, 4) is 0 Å². The third kappa shape index (κ3) is 2.08. The van der Waals surface area contributed by atoms with Crippen molar-refractivity contribution in [3.63, 3.8) is 0 Å². The first-order chi connectivity index (χ1) is 5.75. The molecule has 0 spiro atoms. The Hall–Kier alpha value is -0.830. The highest BCUT2D eigenvalue weighted by atomic mass is 16.1. The van der Waals surface area contributed by atoms with E-state index < -0.39 is 0 Å². The summed E-state index contributed by atoms with van der Waals surface area (Å²) in [6.07, 6.45) is 1.70. The van der Waals surface area contributed by atoms with Gasteiger partial charge < -0.3 is 10.6 Å². The molecule has 12 heavy (non-hydrogen) atoms. The van der Waals surface area contributed by atoms with Gasteiger partial charge in [0.15, 0.2) is 0 Å². The van der Waals surface area contributed by atoms with E-state index in [-0.39, 0.29) is 11.8 Å². The van der Waals surface area contributed by atoms with Gasteiger partial charge in [0.2, 0.25) is 5.91 Å². The molecule has 1 amide bonds. The van der Waals surface area contributed by atoms with Crippen LogP contribution in [0.5, 0.6) is 0 Å². The molecule has 0 aromatic carbocycles. The molecule has 0 unspecified atom stereocenters. The molecule has 68 valence electrons. The van der Waals surface area contributed by atoms with Crippen LogP contribution in [0.15, 0.2) is 12.7 Å². The van der Waals surface area contributed by atoms with Gasteiger partial charge in [-0.15, -0.1) is 6.58 Å². The predicted octanol–water partition coefficient (Wildman–Crippen LogP) is 0.144. The van der Waals surface area contributed by atoms with Gasteiger partial charge in [0.25, 0.3) is 0 Å². The number of amides is 1. The molecule has 1 aliphatic heterocycles. The van der Waals surface area contributed by atoms with E-state index in [9.17, 15) is 4.79 Å². The molecule has 2 N–H and O–H groups in total. The Labute approximate surface area is 73.2 Å². The molecule has 1 fully saturated rings. The van der Waals surface area contributed by atoms with Gasteiger partial charge >= 0.3 is 0 Å². The second kappa shape index (κ2) is 4.26. The average molecular weight is 168 g/mol. The van der Waals surface area contributed by atoms with Crippen LogP contribution < -0.4 is 10.6 Å². The standard InChI is InChI=1S/C9H16N2O/c1-3-4-11-9(12)8-6-10-5-7(8)2/h3,7-8,10H,1,4-6H2,2H3,(H,11,12)/t7-,8-/m1/s1. The molecule has 2 atom stereocenters. The zero-order valence-corrected chi connectivity index (χ0v) is 7.47. The van der Waals surface area contributed by atoms with Crippen molar-refractivity contribution in [2.75, 3.05) is 19.6 Å². The van der Waals surface area contributed by atoms with E-state index in [1.807, 2.05) is 0 Å². The van der Waals surface area contributed by atoms with E-state index in [4.69, 9.17) is 0 Å². The number of nitrogens with one attached hydrogen (secondary N) is 2. The van der Waals surface area contributed by atoms with Crippen molar-refractivity contribution in [1.29, 1.82) is 0 Å². The number of hydrogen-bond donors (Lipinski definition) is 2. The van der Waals surface area contributed by atoms with Crippen LogP contribution in [0.1, 0.15) is 6.92 Å². The monoisotopic (exact) mass is 168 g/mol. The van der Waals surface area contributed by atoms with Gasteiger partial charge in [0.05, 0.1) is 5.92 Å². The van der Waals surface area contributed by atoms with Crippen LogP contribution in [0.25, 0.3) is 0 Å². The second-order valence-electron chi connectivity index (χ2n) is 3.28. The fraction of sp³-hybridized carbons (Fsp3) is 0.667. The summed E-state index contributed by atoms with van der Waals surface area (Å²) in [7, 11) is 0. The van der Waals surface area contributed by atoms with Gasteiger partial charge in [-0.2, -0.15) is 0 Å². The maximum Gasteiger partial charge on any atom is 0.224 e. The van der Waals surface area contributed by atoms with E-state index in [2.05, 4.69) is 24.1 Å². The zero-order chi connectivity index (χ0) is 8.97. The number of hydrogen-bond acceptors (Lipinski definition) is 2. The van der Waals surface area contributed by atoms with Gasteiger partial charge in [-0.3, -0.25) is 4.79 Å². The molecule has 0 aromatic heterocycles. The van der Waals surface area contributed by atoms with Crippen LogP contribution in [0, 0.1) is 11.8 Å². The lowest BCUT2D eigenvalue weighted by molar-refractivity contribution is -0.125. The fourth-order valence-electron chi connectivity index (χ4n) is 1.46. The van der Waals surface area contributed by atoms with Crippen molar-refractivity contribution in [1.82, 2.24) is 10.6 Å². The largest absolute Gasteiger partial charge is 0.352 e. The Morgan fingerprint density at radius 1 is 1.75 bits per heavy atom. The third-order valence-corrected chi connectivity index (χ3v) is 2.27. The minimum Gasteiger partial charge on any atom is -0.352 e. The molecule has 1 heterocycles. The van der Waals surface area contributed by atoms with Crippen LogP contribution in [0.2, 0.25) is 0 Å². The van der Waals surface area contributed by atoms with Crippen molar-refractivity contribution in [2.24, 2.45) is 11.8 Å². The lowest BCUT2D eigenvalue weighted by Gasteiger charge is -2.12. The molecule has 1 rings (SSSR count). The van der Waals surface area contributed by atoms with E-state index in [1.165, 1.54) is 0 Å². The molecule has 0 bridgehead atoms. The minimum atomic E-state index is 0.143. The van der Waals surface area contributed by atoms with Crippen LogP contribution in [-0.2, 0) is 4.79 Å². The quantitative estimate of drug-likeness (QED) is 0.589. The summed E-state index contributed by atoms with van der Waals surface area (Å²) in [5.74, 6) is 0.743. The normalized spacial score (nSPS) is 28.4. The van der Waals surface area contributed by atoms with E-state index in [1.54, 1.807) is 6.08 Å². The van der Waals surface area contributed by atoms with E-state index in [0.717, 1.165) is 13.1 Å². The molecule has 3 heteroatoms. The summed E-state index contributed by atoms with van der Waals surface area (Å²) in [6.45, 7) is 7.98. The first-order valence-electron chi connectivity index (χ1n) is 4.35. The fourth-order valence-corrected chi connectivity index (χ4v) is 1.46. The van der Waals surface area contributed by atoms with E-state index >= 15 is 0 Å². The van der Waals surface area contributed by atoms with E-state index in [0.29, 0.717) is 12.5 Å². The number of carbonyl (C=O) groups excluding carboxylic acids is 1. The van der Waals surface area contributed by atoms with Crippen molar-refractivity contribution < 1.29 is 4.79 Å². The Morgan fingerprint density at radius 3 is 3.00 bits per heavy atom. The molecular weight excluding hydrogens is 152 g/mol. The predicted molar refractivity (Wildman–Crippen MR) is 48.7 cm³/mol. The third-order valence-electron chi connectivity index (χ3n) is 2.27. The van der Waals surface area contributed by atoms with Crippen molar-refractivity contribution in [3.05, 3.63) is 12.7 Å². The first kappa shape index (κ1) is 9.26. The molecule has 0 saturated carbocycles. The van der Waals surface area contributed by atoms with Crippen LogP contribution in [-0.4, -0.2) is 25.5 Å². The summed E-state index contributed by atoms with van der Waals surface area (Å²) in [5, 5.41) is 6.00. The molecule has 3 nitrogen and oxygen atoms in total. The summed E-state index contributed by atoms with van der Waals surface area (Å²) in [5.41, 5.74) is 0. The van der Waals surface area contributed by atoms with Crippen molar-refractivity contribution >= 4 is 5.91 Å². The highest BCUT2D eigenvalue weighted by Gasteiger charge is 2.28. The smallest absolute Gasteiger partial charge is 0.224 e. The van der Waals surface area contributed by atoms with Gasteiger partial charge in [-0.25, -0.2) is 0 Å². The first-order valence-corrected chi connectivity index (χ1v) is 4.35. The molecule has 0 aromatic rings. The SMILES string of the molecule is C=CCNC(=O)[C@@H]1CNC[C@H]1C. The number of rotatable bonds is 3. The molecule has 1 saturated heterocycles. The Balaban J connectivity index is 2.35. The minimum absolute atomic E-state index is 0.143. The average Bonchev–Trinajstić information content (AvgIpc) is 2.47.